The highest BCUT2D eigenvalue weighted by atomic mass is 35.5. The molecular formula is C22H19ClN4O2S. The molecule has 0 saturated carbocycles. The fourth-order valence-corrected chi connectivity index (χ4v) is 4.19. The van der Waals surface area contributed by atoms with Crippen LogP contribution in [0.15, 0.2) is 77.7 Å². The first-order chi connectivity index (χ1) is 14.4. The second-order valence-electron chi connectivity index (χ2n) is 6.81. The van der Waals surface area contributed by atoms with Crippen LogP contribution in [0.4, 0.5) is 11.6 Å². The molecule has 1 aromatic heterocycles. The van der Waals surface area contributed by atoms with Crippen LogP contribution in [0.2, 0.25) is 5.02 Å². The van der Waals surface area contributed by atoms with Crippen molar-refractivity contribution in [3.8, 4) is 0 Å². The molecule has 8 heteroatoms. The molecule has 1 heterocycles. The van der Waals surface area contributed by atoms with Gasteiger partial charge in [0.15, 0.2) is 11.6 Å². The van der Waals surface area contributed by atoms with Gasteiger partial charge in [-0.15, -0.1) is 0 Å². The molecule has 4 rings (SSSR count). The molecule has 0 bridgehead atoms. The lowest BCUT2D eigenvalue weighted by atomic mass is 10.2. The van der Waals surface area contributed by atoms with Crippen molar-refractivity contribution in [3.63, 3.8) is 0 Å². The molecule has 0 amide bonds. The highest BCUT2D eigenvalue weighted by molar-refractivity contribution is 7.92. The van der Waals surface area contributed by atoms with E-state index in [1.807, 2.05) is 43.3 Å². The summed E-state index contributed by atoms with van der Waals surface area (Å²) in [5.74, 6) is 0.490. The molecule has 0 spiro atoms. The Kier molecular flexibility index (Phi) is 5.57. The standard InChI is InChI=1S/C22H19ClN4O2S/c1-15-5-4-6-18(13-15)30(28,29)27-22-21(24-14-16-9-11-17(23)12-10-16)25-19-7-2-3-8-20(19)26-22/h2-13H,14H2,1H3,(H,24,25)(H,26,27). The average molecular weight is 439 g/mol. The highest BCUT2D eigenvalue weighted by Gasteiger charge is 2.19. The van der Waals surface area contributed by atoms with Crippen molar-refractivity contribution in [1.29, 1.82) is 0 Å². The maximum absolute atomic E-state index is 12.9. The van der Waals surface area contributed by atoms with Crippen LogP contribution in [0.3, 0.4) is 0 Å². The number of halogens is 1. The van der Waals surface area contributed by atoms with Crippen LogP contribution < -0.4 is 10.0 Å². The molecule has 0 unspecified atom stereocenters. The number of nitrogens with one attached hydrogen (secondary N) is 2. The van der Waals surface area contributed by atoms with Crippen LogP contribution in [0, 0.1) is 6.92 Å². The van der Waals surface area contributed by atoms with E-state index in [0.717, 1.165) is 11.1 Å². The Morgan fingerprint density at radius 3 is 2.20 bits per heavy atom. The number of fused-ring (bicyclic) bond motifs is 1. The molecule has 152 valence electrons. The van der Waals surface area contributed by atoms with Gasteiger partial charge in [0.1, 0.15) is 0 Å². The van der Waals surface area contributed by atoms with Crippen molar-refractivity contribution >= 4 is 44.3 Å². The van der Waals surface area contributed by atoms with Crippen LogP contribution in [0.1, 0.15) is 11.1 Å². The van der Waals surface area contributed by atoms with Gasteiger partial charge in [-0.2, -0.15) is 0 Å². The van der Waals surface area contributed by atoms with E-state index in [1.54, 1.807) is 36.4 Å². The molecule has 0 fully saturated rings. The van der Waals surface area contributed by atoms with Gasteiger partial charge in [-0.3, -0.25) is 4.72 Å². The number of nitrogens with zero attached hydrogens (tertiary/aromatic N) is 2. The van der Waals surface area contributed by atoms with Crippen LogP contribution in [-0.4, -0.2) is 18.4 Å². The third-order valence-electron chi connectivity index (χ3n) is 4.47. The van der Waals surface area contributed by atoms with E-state index in [9.17, 15) is 8.42 Å². The number of para-hydroxylation sites is 2. The van der Waals surface area contributed by atoms with Gasteiger partial charge < -0.3 is 5.32 Å². The van der Waals surface area contributed by atoms with Gasteiger partial charge in [0, 0.05) is 11.6 Å². The first-order valence-electron chi connectivity index (χ1n) is 9.25. The fraction of sp³-hybridized carbons (Fsp3) is 0.0909. The summed E-state index contributed by atoms with van der Waals surface area (Å²) in [6.45, 7) is 2.28. The molecule has 0 aliphatic carbocycles. The Hall–Kier alpha value is -3.16. The maximum Gasteiger partial charge on any atom is 0.263 e. The van der Waals surface area contributed by atoms with Gasteiger partial charge in [0.05, 0.1) is 15.9 Å². The molecule has 0 aliphatic rings. The third-order valence-corrected chi connectivity index (χ3v) is 6.06. The number of hydrogen-bond donors (Lipinski definition) is 2. The van der Waals surface area contributed by atoms with Crippen molar-refractivity contribution < 1.29 is 8.42 Å². The van der Waals surface area contributed by atoms with Crippen LogP contribution in [0.5, 0.6) is 0 Å². The maximum atomic E-state index is 12.9. The number of benzene rings is 3. The first-order valence-corrected chi connectivity index (χ1v) is 11.1. The van der Waals surface area contributed by atoms with Crippen molar-refractivity contribution in [2.45, 2.75) is 18.4 Å². The van der Waals surface area contributed by atoms with Crippen molar-refractivity contribution in [1.82, 2.24) is 9.97 Å². The molecule has 2 N–H and O–H groups in total. The monoisotopic (exact) mass is 438 g/mol. The Morgan fingerprint density at radius 1 is 0.867 bits per heavy atom. The first kappa shape index (κ1) is 20.1. The Morgan fingerprint density at radius 2 is 1.53 bits per heavy atom. The van der Waals surface area contributed by atoms with Crippen LogP contribution >= 0.6 is 11.6 Å². The minimum Gasteiger partial charge on any atom is -0.363 e. The number of hydrogen-bond acceptors (Lipinski definition) is 5. The normalized spacial score (nSPS) is 11.4. The highest BCUT2D eigenvalue weighted by Crippen LogP contribution is 2.25. The summed E-state index contributed by atoms with van der Waals surface area (Å²) in [6.07, 6.45) is 0. The molecule has 4 aromatic rings. The zero-order valence-electron chi connectivity index (χ0n) is 16.1. The van der Waals surface area contributed by atoms with Crippen LogP contribution in [-0.2, 0) is 16.6 Å². The lowest BCUT2D eigenvalue weighted by molar-refractivity contribution is 0.601. The second-order valence-corrected chi connectivity index (χ2v) is 8.93. The van der Waals surface area contributed by atoms with E-state index in [1.165, 1.54) is 0 Å². The van der Waals surface area contributed by atoms with Gasteiger partial charge in [-0.05, 0) is 54.4 Å². The quantitative estimate of drug-likeness (QED) is 0.442. The lowest BCUT2D eigenvalue weighted by Gasteiger charge is -2.14. The zero-order valence-corrected chi connectivity index (χ0v) is 17.7. The zero-order chi connectivity index (χ0) is 21.1. The Labute approximate surface area is 180 Å². The van der Waals surface area contributed by atoms with Gasteiger partial charge in [0.25, 0.3) is 10.0 Å². The topological polar surface area (TPSA) is 84.0 Å². The summed E-state index contributed by atoms with van der Waals surface area (Å²) < 4.78 is 28.4. The van der Waals surface area contributed by atoms with Gasteiger partial charge in [0.2, 0.25) is 0 Å². The summed E-state index contributed by atoms with van der Waals surface area (Å²) in [5, 5.41) is 3.83. The SMILES string of the molecule is Cc1cccc(S(=O)(=O)Nc2nc3ccccc3nc2NCc2ccc(Cl)cc2)c1. The Balaban J connectivity index is 1.69. The average Bonchev–Trinajstić information content (AvgIpc) is 2.73. The van der Waals surface area contributed by atoms with Crippen molar-refractivity contribution in [2.75, 3.05) is 10.0 Å². The van der Waals surface area contributed by atoms with Crippen molar-refractivity contribution in [3.05, 3.63) is 88.9 Å². The van der Waals surface area contributed by atoms with E-state index in [-0.39, 0.29) is 10.7 Å². The molecule has 3 aromatic carbocycles. The number of rotatable bonds is 6. The fourth-order valence-electron chi connectivity index (χ4n) is 2.95. The van der Waals surface area contributed by atoms with Gasteiger partial charge in [-0.1, -0.05) is 48.0 Å². The lowest BCUT2D eigenvalue weighted by Crippen LogP contribution is -2.16. The van der Waals surface area contributed by atoms with E-state index >= 15 is 0 Å². The number of sulfonamides is 1. The molecule has 0 saturated heterocycles. The second kappa shape index (κ2) is 8.30. The molecule has 6 nitrogen and oxygen atoms in total. The number of aromatic nitrogens is 2. The molecule has 0 radical (unpaired) electrons. The molecule has 30 heavy (non-hydrogen) atoms. The Bertz CT molecular complexity index is 1310. The largest absolute Gasteiger partial charge is 0.363 e. The smallest absolute Gasteiger partial charge is 0.263 e. The molecule has 0 atom stereocenters. The number of anilines is 2. The van der Waals surface area contributed by atoms with E-state index in [4.69, 9.17) is 11.6 Å². The number of aryl methyl sites for hydroxylation is 1. The summed E-state index contributed by atoms with van der Waals surface area (Å²) in [4.78, 5) is 9.24. The summed E-state index contributed by atoms with van der Waals surface area (Å²) in [7, 11) is -3.83. The van der Waals surface area contributed by atoms with Crippen molar-refractivity contribution in [2.24, 2.45) is 0 Å². The third kappa shape index (κ3) is 4.53. The predicted octanol–water partition coefficient (Wildman–Crippen LogP) is 5.00. The van der Waals surface area contributed by atoms with E-state index in [2.05, 4.69) is 20.0 Å². The van der Waals surface area contributed by atoms with Crippen LogP contribution in [0.25, 0.3) is 11.0 Å². The van der Waals surface area contributed by atoms with E-state index < -0.39 is 10.0 Å². The van der Waals surface area contributed by atoms with E-state index in [0.29, 0.717) is 28.4 Å². The summed E-state index contributed by atoms with van der Waals surface area (Å²) in [6, 6.07) is 21.4. The van der Waals surface area contributed by atoms with Gasteiger partial charge in [-0.25, -0.2) is 18.4 Å². The minimum atomic E-state index is -3.83. The van der Waals surface area contributed by atoms with Gasteiger partial charge >= 0.3 is 0 Å². The molecule has 0 aliphatic heterocycles. The summed E-state index contributed by atoms with van der Waals surface area (Å²) in [5.41, 5.74) is 3.08. The molecular weight excluding hydrogens is 420 g/mol. The minimum absolute atomic E-state index is 0.143. The summed E-state index contributed by atoms with van der Waals surface area (Å²) >= 11 is 5.94. The predicted molar refractivity (Wildman–Crippen MR) is 120 cm³/mol.